The van der Waals surface area contributed by atoms with Crippen LogP contribution in [0.25, 0.3) is 0 Å². The van der Waals surface area contributed by atoms with Gasteiger partial charge in [0.2, 0.25) is 0 Å². The molecule has 0 unspecified atom stereocenters. The lowest BCUT2D eigenvalue weighted by Crippen LogP contribution is -2.07. The van der Waals surface area contributed by atoms with Gasteiger partial charge in [-0.3, -0.25) is 0 Å². The summed E-state index contributed by atoms with van der Waals surface area (Å²) < 4.78 is 0. The van der Waals surface area contributed by atoms with Crippen LogP contribution in [0.3, 0.4) is 0 Å². The summed E-state index contributed by atoms with van der Waals surface area (Å²) in [5, 5.41) is 1.16. The maximum atomic E-state index is 4.20. The first kappa shape index (κ1) is 11.6. The summed E-state index contributed by atoms with van der Waals surface area (Å²) in [5.74, 6) is 0. The summed E-state index contributed by atoms with van der Waals surface area (Å²) in [6, 6.07) is 0. The van der Waals surface area contributed by atoms with Crippen molar-refractivity contribution in [3.8, 4) is 0 Å². The van der Waals surface area contributed by atoms with Crippen molar-refractivity contribution in [3.63, 3.8) is 0 Å². The van der Waals surface area contributed by atoms with Crippen LogP contribution in [0.2, 0.25) is 0 Å². The SMILES string of the molecule is CC.Cc1ncc(C(C)(C)C)s1. The second kappa shape index (κ2) is 4.61. The average molecular weight is 185 g/mol. The fourth-order valence-corrected chi connectivity index (χ4v) is 1.54. The second-order valence-electron chi connectivity index (χ2n) is 3.49. The van der Waals surface area contributed by atoms with E-state index in [-0.39, 0.29) is 5.41 Å². The highest BCUT2D eigenvalue weighted by molar-refractivity contribution is 7.11. The van der Waals surface area contributed by atoms with Gasteiger partial charge in [0.1, 0.15) is 0 Å². The van der Waals surface area contributed by atoms with Crippen LogP contribution >= 0.6 is 11.3 Å². The second-order valence-corrected chi connectivity index (χ2v) is 4.73. The Balaban J connectivity index is 0.000000561. The number of thiazole rings is 1. The summed E-state index contributed by atoms with van der Waals surface area (Å²) >= 11 is 1.78. The molecule has 0 spiro atoms. The molecule has 70 valence electrons. The summed E-state index contributed by atoms with van der Waals surface area (Å²) in [4.78, 5) is 5.57. The third kappa shape index (κ3) is 3.35. The molecule has 0 saturated carbocycles. The normalized spacial score (nSPS) is 10.5. The van der Waals surface area contributed by atoms with E-state index in [9.17, 15) is 0 Å². The lowest BCUT2D eigenvalue weighted by molar-refractivity contribution is 0.602. The van der Waals surface area contributed by atoms with Gasteiger partial charge in [-0.25, -0.2) is 4.98 Å². The van der Waals surface area contributed by atoms with Crippen molar-refractivity contribution in [1.82, 2.24) is 4.98 Å². The Morgan fingerprint density at radius 3 is 1.92 bits per heavy atom. The Labute approximate surface area is 79.9 Å². The largest absolute Gasteiger partial charge is 0.250 e. The van der Waals surface area contributed by atoms with Crippen molar-refractivity contribution in [2.45, 2.75) is 47.0 Å². The van der Waals surface area contributed by atoms with Gasteiger partial charge in [0.25, 0.3) is 0 Å². The monoisotopic (exact) mass is 185 g/mol. The van der Waals surface area contributed by atoms with Crippen LogP contribution < -0.4 is 0 Å². The van der Waals surface area contributed by atoms with Gasteiger partial charge < -0.3 is 0 Å². The predicted molar refractivity (Wildman–Crippen MR) is 56.9 cm³/mol. The zero-order valence-corrected chi connectivity index (χ0v) is 9.75. The van der Waals surface area contributed by atoms with E-state index in [1.165, 1.54) is 4.88 Å². The number of nitrogens with zero attached hydrogens (tertiary/aromatic N) is 1. The van der Waals surface area contributed by atoms with Gasteiger partial charge in [-0.05, 0) is 12.3 Å². The van der Waals surface area contributed by atoms with Gasteiger partial charge in [0, 0.05) is 11.1 Å². The smallest absolute Gasteiger partial charge is 0.0896 e. The number of aryl methyl sites for hydroxylation is 1. The van der Waals surface area contributed by atoms with Crippen LogP contribution in [-0.2, 0) is 5.41 Å². The molecule has 1 aromatic rings. The first-order valence-corrected chi connectivity index (χ1v) is 5.25. The van der Waals surface area contributed by atoms with E-state index in [1.54, 1.807) is 11.3 Å². The molecule has 0 N–H and O–H groups in total. The number of aromatic nitrogens is 1. The summed E-state index contributed by atoms with van der Waals surface area (Å²) in [5.41, 5.74) is 0.270. The third-order valence-corrected chi connectivity index (χ3v) is 2.70. The van der Waals surface area contributed by atoms with Crippen LogP contribution in [0.4, 0.5) is 0 Å². The first-order chi connectivity index (χ1) is 5.50. The van der Waals surface area contributed by atoms with E-state index in [2.05, 4.69) is 25.8 Å². The van der Waals surface area contributed by atoms with E-state index < -0.39 is 0 Å². The van der Waals surface area contributed by atoms with Gasteiger partial charge in [-0.1, -0.05) is 34.6 Å². The van der Waals surface area contributed by atoms with Crippen molar-refractivity contribution in [2.75, 3.05) is 0 Å². The molecule has 0 aliphatic heterocycles. The van der Waals surface area contributed by atoms with Gasteiger partial charge >= 0.3 is 0 Å². The summed E-state index contributed by atoms with van der Waals surface area (Å²) in [7, 11) is 0. The van der Waals surface area contributed by atoms with Gasteiger partial charge in [-0.15, -0.1) is 11.3 Å². The molecule has 0 fully saturated rings. The van der Waals surface area contributed by atoms with Crippen LogP contribution in [0.5, 0.6) is 0 Å². The zero-order valence-electron chi connectivity index (χ0n) is 8.93. The topological polar surface area (TPSA) is 12.9 Å². The van der Waals surface area contributed by atoms with E-state index in [4.69, 9.17) is 0 Å². The molecule has 0 aliphatic rings. The van der Waals surface area contributed by atoms with Crippen molar-refractivity contribution in [1.29, 1.82) is 0 Å². The fourth-order valence-electron chi connectivity index (χ4n) is 0.708. The number of hydrogen-bond acceptors (Lipinski definition) is 2. The minimum atomic E-state index is 0.270. The molecular weight excluding hydrogens is 166 g/mol. The Kier molecular flexibility index (Phi) is 4.46. The van der Waals surface area contributed by atoms with E-state index in [0.29, 0.717) is 0 Å². The Morgan fingerprint density at radius 2 is 1.75 bits per heavy atom. The molecule has 2 heteroatoms. The molecule has 1 nitrogen and oxygen atoms in total. The van der Waals surface area contributed by atoms with Gasteiger partial charge in [0.15, 0.2) is 0 Å². The van der Waals surface area contributed by atoms with Crippen molar-refractivity contribution in [2.24, 2.45) is 0 Å². The Morgan fingerprint density at radius 1 is 1.25 bits per heavy atom. The lowest BCUT2D eigenvalue weighted by Gasteiger charge is -2.14. The quantitative estimate of drug-likeness (QED) is 0.599. The van der Waals surface area contributed by atoms with Gasteiger partial charge in [-0.2, -0.15) is 0 Å². The van der Waals surface area contributed by atoms with Crippen molar-refractivity contribution < 1.29 is 0 Å². The molecule has 0 bridgehead atoms. The average Bonchev–Trinajstić information content (AvgIpc) is 2.39. The molecule has 12 heavy (non-hydrogen) atoms. The molecule has 1 rings (SSSR count). The van der Waals surface area contributed by atoms with Crippen LogP contribution in [0.15, 0.2) is 6.20 Å². The molecule has 0 saturated heterocycles. The number of rotatable bonds is 0. The van der Waals surface area contributed by atoms with Crippen molar-refractivity contribution in [3.05, 3.63) is 16.1 Å². The minimum Gasteiger partial charge on any atom is -0.250 e. The predicted octanol–water partition coefficient (Wildman–Crippen LogP) is 3.78. The first-order valence-electron chi connectivity index (χ1n) is 4.43. The van der Waals surface area contributed by atoms with Crippen LogP contribution in [-0.4, -0.2) is 4.98 Å². The fraction of sp³-hybridized carbons (Fsp3) is 0.700. The molecule has 1 heterocycles. The lowest BCUT2D eigenvalue weighted by atomic mass is 9.96. The minimum absolute atomic E-state index is 0.270. The van der Waals surface area contributed by atoms with E-state index in [1.807, 2.05) is 27.0 Å². The van der Waals surface area contributed by atoms with Crippen LogP contribution in [0, 0.1) is 6.92 Å². The van der Waals surface area contributed by atoms with Gasteiger partial charge in [0.05, 0.1) is 5.01 Å². The molecule has 0 radical (unpaired) electrons. The maximum absolute atomic E-state index is 4.20. The molecule has 1 aromatic heterocycles. The van der Waals surface area contributed by atoms with Crippen LogP contribution in [0.1, 0.15) is 44.5 Å². The number of hydrogen-bond donors (Lipinski definition) is 0. The highest BCUT2D eigenvalue weighted by Gasteiger charge is 2.15. The summed E-state index contributed by atoms with van der Waals surface area (Å²) in [6.07, 6.45) is 1.97. The highest BCUT2D eigenvalue weighted by Crippen LogP contribution is 2.26. The molecule has 0 amide bonds. The van der Waals surface area contributed by atoms with E-state index in [0.717, 1.165) is 5.01 Å². The zero-order chi connectivity index (χ0) is 9.78. The molecular formula is C10H19NS. The molecule has 0 aromatic carbocycles. The highest BCUT2D eigenvalue weighted by atomic mass is 32.1. The Hall–Kier alpha value is -0.370. The standard InChI is InChI=1S/C8H13NS.C2H6/c1-6-9-5-7(10-6)8(2,3)4;1-2/h5H,1-4H3;1-2H3. The maximum Gasteiger partial charge on any atom is 0.0896 e. The summed E-state index contributed by atoms with van der Waals surface area (Å²) in [6.45, 7) is 12.7. The van der Waals surface area contributed by atoms with E-state index >= 15 is 0 Å². The Bertz CT molecular complexity index is 220. The molecule has 0 aliphatic carbocycles. The van der Waals surface area contributed by atoms with Crippen molar-refractivity contribution >= 4 is 11.3 Å². The molecule has 0 atom stereocenters. The third-order valence-electron chi connectivity index (χ3n) is 1.36.